The highest BCUT2D eigenvalue weighted by Gasteiger charge is 2.33. The quantitative estimate of drug-likeness (QED) is 0.328. The normalized spacial score (nSPS) is 15.3. The lowest BCUT2D eigenvalue weighted by molar-refractivity contribution is -0.141. The van der Waals surface area contributed by atoms with Gasteiger partial charge in [0.1, 0.15) is 0 Å². The molecular formula is C25H26F6N6O2S. The number of anilines is 1. The molecule has 1 fully saturated rings. The van der Waals surface area contributed by atoms with Crippen molar-refractivity contribution in [2.75, 3.05) is 31.6 Å². The van der Waals surface area contributed by atoms with Crippen LogP contribution in [0.4, 0.5) is 32.0 Å². The molecule has 0 atom stereocenters. The zero-order chi connectivity index (χ0) is 28.9. The van der Waals surface area contributed by atoms with E-state index in [1.807, 2.05) is 4.90 Å². The molecule has 4 heterocycles. The van der Waals surface area contributed by atoms with E-state index in [2.05, 4.69) is 24.6 Å². The summed E-state index contributed by atoms with van der Waals surface area (Å²) in [6, 6.07) is 3.22. The molecule has 15 heteroatoms. The van der Waals surface area contributed by atoms with Gasteiger partial charge in [0.15, 0.2) is 5.69 Å². The van der Waals surface area contributed by atoms with Gasteiger partial charge >= 0.3 is 12.4 Å². The number of pyridine rings is 1. The molecule has 0 radical (unpaired) electrons. The molecule has 3 aromatic heterocycles. The second-order valence-corrected chi connectivity index (χ2v) is 10.3. The highest BCUT2D eigenvalue weighted by Crippen LogP contribution is 2.28. The summed E-state index contributed by atoms with van der Waals surface area (Å²) in [5.41, 5.74) is 0.338. The van der Waals surface area contributed by atoms with Gasteiger partial charge in [-0.15, -0.1) is 0 Å². The molecule has 8 nitrogen and oxygen atoms in total. The lowest BCUT2D eigenvalue weighted by Gasteiger charge is -2.31. The second-order valence-electron chi connectivity index (χ2n) is 9.43. The first-order valence-electron chi connectivity index (χ1n) is 12.4. The number of nitrogens with zero attached hydrogens (tertiary/aromatic N) is 5. The van der Waals surface area contributed by atoms with Gasteiger partial charge in [-0.2, -0.15) is 30.7 Å². The highest BCUT2D eigenvalue weighted by molar-refractivity contribution is 7.06. The predicted molar refractivity (Wildman–Crippen MR) is 134 cm³/mol. The maximum atomic E-state index is 13.0. The molecule has 0 aromatic carbocycles. The molecule has 1 saturated heterocycles. The van der Waals surface area contributed by atoms with Crippen LogP contribution in [0.2, 0.25) is 0 Å². The van der Waals surface area contributed by atoms with Gasteiger partial charge in [0.25, 0.3) is 5.91 Å². The number of likely N-dealkylation sites (tertiary alicyclic amines) is 1. The first-order valence-corrected chi connectivity index (χ1v) is 13.2. The first-order chi connectivity index (χ1) is 18.9. The molecule has 0 spiro atoms. The van der Waals surface area contributed by atoms with Crippen molar-refractivity contribution in [2.45, 2.75) is 45.0 Å². The van der Waals surface area contributed by atoms with Gasteiger partial charge in [-0.1, -0.05) is 0 Å². The third-order valence-corrected chi connectivity index (χ3v) is 7.31. The molecule has 1 aliphatic rings. The Balaban J connectivity index is 1.27. The monoisotopic (exact) mass is 588 g/mol. The van der Waals surface area contributed by atoms with Gasteiger partial charge in [0.05, 0.1) is 48.1 Å². The second kappa shape index (κ2) is 12.5. The number of alkyl halides is 6. The summed E-state index contributed by atoms with van der Waals surface area (Å²) in [6.07, 6.45) is -4.87. The standard InChI is InChI=1S/C25H26F6N6O2S/c1-15-22(19(40-36-15)10-18-12-33-20(13-32-18)25(29,30)31)23(38)35-17-2-3-21(34-11-17)39-14-16-4-7-37(8-5-16)9-6-24(26,27)28/h2-3,11-13,16H,4-10,14H2,1H3,(H,35,38). The van der Waals surface area contributed by atoms with Gasteiger partial charge in [0, 0.05) is 30.1 Å². The fraction of sp³-hybridized carbons (Fsp3) is 0.480. The molecule has 0 aliphatic carbocycles. The molecule has 0 saturated carbocycles. The van der Waals surface area contributed by atoms with Crippen molar-refractivity contribution < 1.29 is 35.9 Å². The fourth-order valence-corrected chi connectivity index (χ4v) is 5.07. The van der Waals surface area contributed by atoms with E-state index in [9.17, 15) is 31.1 Å². The van der Waals surface area contributed by atoms with Crippen molar-refractivity contribution in [2.24, 2.45) is 5.92 Å². The largest absolute Gasteiger partial charge is 0.477 e. The molecule has 1 amide bonds. The van der Waals surface area contributed by atoms with Crippen LogP contribution in [0, 0.1) is 12.8 Å². The Hall–Kier alpha value is -3.33. The van der Waals surface area contributed by atoms with Crippen LogP contribution < -0.4 is 10.1 Å². The molecule has 0 unspecified atom stereocenters. The number of aromatic nitrogens is 4. The van der Waals surface area contributed by atoms with Gasteiger partial charge in [-0.3, -0.25) is 9.78 Å². The summed E-state index contributed by atoms with van der Waals surface area (Å²) >= 11 is 1.06. The van der Waals surface area contributed by atoms with Crippen LogP contribution in [0.5, 0.6) is 5.88 Å². The lowest BCUT2D eigenvalue weighted by Crippen LogP contribution is -2.37. The van der Waals surface area contributed by atoms with Gasteiger partial charge in [-0.25, -0.2) is 9.97 Å². The number of nitrogens with one attached hydrogen (secondary N) is 1. The Morgan fingerprint density at radius 1 is 1.07 bits per heavy atom. The van der Waals surface area contributed by atoms with Crippen LogP contribution in [0.3, 0.4) is 0 Å². The summed E-state index contributed by atoms with van der Waals surface area (Å²) in [5.74, 6) is 0.117. The number of hydrogen-bond acceptors (Lipinski definition) is 8. The van der Waals surface area contributed by atoms with Crippen LogP contribution in [0.15, 0.2) is 30.7 Å². The topological polar surface area (TPSA) is 93.1 Å². The summed E-state index contributed by atoms with van der Waals surface area (Å²) in [5, 5.41) is 2.74. The Labute approximate surface area is 230 Å². The fourth-order valence-electron chi connectivity index (χ4n) is 4.18. The minimum absolute atomic E-state index is 0.0113. The van der Waals surface area contributed by atoms with Gasteiger partial charge in [-0.05, 0) is 56.4 Å². The number of ether oxygens (including phenoxy) is 1. The third kappa shape index (κ3) is 8.34. The summed E-state index contributed by atoms with van der Waals surface area (Å²) in [6.45, 7) is 3.24. The molecule has 1 aliphatic heterocycles. The molecule has 0 bridgehead atoms. The third-order valence-electron chi connectivity index (χ3n) is 6.38. The van der Waals surface area contributed by atoms with E-state index in [-0.39, 0.29) is 24.6 Å². The summed E-state index contributed by atoms with van der Waals surface area (Å²) in [4.78, 5) is 26.8. The molecule has 4 rings (SSSR count). The maximum Gasteiger partial charge on any atom is 0.434 e. The van der Waals surface area contributed by atoms with E-state index in [0.29, 0.717) is 53.6 Å². The van der Waals surface area contributed by atoms with Crippen molar-refractivity contribution in [3.8, 4) is 5.88 Å². The first kappa shape index (κ1) is 29.6. The zero-order valence-electron chi connectivity index (χ0n) is 21.3. The highest BCUT2D eigenvalue weighted by atomic mass is 32.1. The van der Waals surface area contributed by atoms with E-state index >= 15 is 0 Å². The van der Waals surface area contributed by atoms with Crippen molar-refractivity contribution in [1.29, 1.82) is 0 Å². The Morgan fingerprint density at radius 3 is 2.42 bits per heavy atom. The van der Waals surface area contributed by atoms with Gasteiger partial charge in [0.2, 0.25) is 5.88 Å². The SMILES string of the molecule is Cc1nsc(Cc2cnc(C(F)(F)F)cn2)c1C(=O)Nc1ccc(OCC2CCN(CCC(F)(F)F)CC2)nc1. The van der Waals surface area contributed by atoms with Gasteiger partial charge < -0.3 is 15.0 Å². The Kier molecular flexibility index (Phi) is 9.23. The minimum atomic E-state index is -4.59. The van der Waals surface area contributed by atoms with Crippen LogP contribution in [-0.4, -0.2) is 62.6 Å². The number of carbonyl (C=O) groups excluding carboxylic acids is 1. The molecule has 216 valence electrons. The Morgan fingerprint density at radius 2 is 1.82 bits per heavy atom. The van der Waals surface area contributed by atoms with Crippen LogP contribution in [0.1, 0.15) is 51.6 Å². The summed E-state index contributed by atoms with van der Waals surface area (Å²) < 4.78 is 85.4. The van der Waals surface area contributed by atoms with E-state index in [1.165, 1.54) is 6.20 Å². The maximum absolute atomic E-state index is 13.0. The predicted octanol–water partition coefficient (Wildman–Crippen LogP) is 5.54. The number of carbonyl (C=O) groups is 1. The molecular weight excluding hydrogens is 562 g/mol. The number of piperidine rings is 1. The van der Waals surface area contributed by atoms with Crippen molar-refractivity contribution in [1.82, 2.24) is 24.2 Å². The summed E-state index contributed by atoms with van der Waals surface area (Å²) in [7, 11) is 0. The minimum Gasteiger partial charge on any atom is -0.477 e. The van der Waals surface area contributed by atoms with Crippen molar-refractivity contribution in [3.63, 3.8) is 0 Å². The Bertz CT molecular complexity index is 1270. The average molecular weight is 589 g/mol. The number of aryl methyl sites for hydroxylation is 1. The number of amides is 1. The van der Waals surface area contributed by atoms with Crippen molar-refractivity contribution >= 4 is 23.1 Å². The van der Waals surface area contributed by atoms with Crippen LogP contribution in [-0.2, 0) is 12.6 Å². The molecule has 1 N–H and O–H groups in total. The number of halogens is 6. The average Bonchev–Trinajstić information content (AvgIpc) is 3.26. The van der Waals surface area contributed by atoms with E-state index < -0.39 is 30.4 Å². The van der Waals surface area contributed by atoms with E-state index in [4.69, 9.17) is 4.74 Å². The van der Waals surface area contributed by atoms with Crippen LogP contribution >= 0.6 is 11.5 Å². The van der Waals surface area contributed by atoms with E-state index in [0.717, 1.165) is 30.6 Å². The van der Waals surface area contributed by atoms with Crippen LogP contribution in [0.25, 0.3) is 0 Å². The lowest BCUT2D eigenvalue weighted by atomic mass is 9.98. The smallest absolute Gasteiger partial charge is 0.434 e. The molecule has 3 aromatic rings. The molecule has 40 heavy (non-hydrogen) atoms. The van der Waals surface area contributed by atoms with Crippen molar-refractivity contribution in [3.05, 3.63) is 58.2 Å². The number of rotatable bonds is 9. The van der Waals surface area contributed by atoms with E-state index in [1.54, 1.807) is 19.1 Å². The zero-order valence-corrected chi connectivity index (χ0v) is 22.2. The number of hydrogen-bond donors (Lipinski definition) is 1.